The first kappa shape index (κ1) is 36.1. The van der Waals surface area contributed by atoms with Gasteiger partial charge in [0.15, 0.2) is 5.78 Å². The monoisotopic (exact) mass is 522 g/mol. The SMILES string of the molecule is CCCCCCCCCCCCCCCCCCCC(=O)C(NC(=O)CCCCCCCCC)C(C)C. The molecule has 1 atom stereocenters. The molecular weight excluding hydrogens is 454 g/mol. The van der Waals surface area contributed by atoms with Crippen LogP contribution in [0.5, 0.6) is 0 Å². The molecule has 1 unspecified atom stereocenters. The third kappa shape index (κ3) is 25.2. The molecular formula is C34H67NO2. The highest BCUT2D eigenvalue weighted by molar-refractivity contribution is 5.89. The zero-order valence-corrected chi connectivity index (χ0v) is 25.9. The van der Waals surface area contributed by atoms with Gasteiger partial charge in [-0.1, -0.05) is 169 Å². The van der Waals surface area contributed by atoms with Crippen LogP contribution in [0.3, 0.4) is 0 Å². The number of hydrogen-bond acceptors (Lipinski definition) is 2. The van der Waals surface area contributed by atoms with Crippen LogP contribution in [0.2, 0.25) is 0 Å². The molecule has 0 rings (SSSR count). The van der Waals surface area contributed by atoms with Crippen molar-refractivity contribution in [1.29, 1.82) is 0 Å². The minimum Gasteiger partial charge on any atom is -0.346 e. The van der Waals surface area contributed by atoms with E-state index in [4.69, 9.17) is 0 Å². The van der Waals surface area contributed by atoms with Gasteiger partial charge < -0.3 is 5.32 Å². The number of unbranched alkanes of at least 4 members (excludes halogenated alkanes) is 22. The first-order valence-corrected chi connectivity index (χ1v) is 16.8. The maximum atomic E-state index is 12.7. The fourth-order valence-corrected chi connectivity index (χ4v) is 5.29. The molecule has 0 spiro atoms. The number of nitrogens with one attached hydrogen (secondary N) is 1. The summed E-state index contributed by atoms with van der Waals surface area (Å²) in [5.74, 6) is 0.447. The van der Waals surface area contributed by atoms with Gasteiger partial charge in [-0.15, -0.1) is 0 Å². The van der Waals surface area contributed by atoms with Crippen LogP contribution < -0.4 is 5.32 Å². The van der Waals surface area contributed by atoms with Crippen LogP contribution in [-0.2, 0) is 9.59 Å². The Bertz CT molecular complexity index is 502. The molecule has 3 nitrogen and oxygen atoms in total. The van der Waals surface area contributed by atoms with E-state index in [0.717, 1.165) is 25.7 Å². The van der Waals surface area contributed by atoms with E-state index in [9.17, 15) is 9.59 Å². The summed E-state index contributed by atoms with van der Waals surface area (Å²) in [6.07, 6.45) is 32.6. The van der Waals surface area contributed by atoms with Crippen LogP contribution in [0.1, 0.15) is 195 Å². The lowest BCUT2D eigenvalue weighted by Gasteiger charge is -2.21. The van der Waals surface area contributed by atoms with E-state index in [-0.39, 0.29) is 23.7 Å². The van der Waals surface area contributed by atoms with Crippen molar-refractivity contribution in [2.24, 2.45) is 5.92 Å². The Balaban J connectivity index is 3.63. The lowest BCUT2D eigenvalue weighted by Crippen LogP contribution is -2.44. The third-order valence-corrected chi connectivity index (χ3v) is 7.86. The number of Topliss-reactive ketones (excluding diaryl/α,β-unsaturated/α-hetero) is 1. The standard InChI is InChI=1S/C34H67NO2/c1-5-7-9-11-13-14-15-16-17-18-19-20-21-22-24-25-27-29-32(36)34(31(3)4)35-33(37)30-28-26-23-12-10-8-6-2/h31,34H,5-30H2,1-4H3,(H,35,37). The molecule has 0 fully saturated rings. The Morgan fingerprint density at radius 1 is 0.459 bits per heavy atom. The second-order valence-electron chi connectivity index (χ2n) is 12.0. The molecule has 0 radical (unpaired) electrons. The largest absolute Gasteiger partial charge is 0.346 e. The first-order chi connectivity index (χ1) is 18.0. The summed E-state index contributed by atoms with van der Waals surface area (Å²) in [6, 6.07) is -0.307. The highest BCUT2D eigenvalue weighted by Crippen LogP contribution is 2.15. The van der Waals surface area contributed by atoms with Crippen molar-refractivity contribution >= 4 is 11.7 Å². The average molecular weight is 522 g/mol. The second kappa shape index (κ2) is 28.2. The zero-order valence-electron chi connectivity index (χ0n) is 25.9. The van der Waals surface area contributed by atoms with Crippen molar-refractivity contribution in [3.63, 3.8) is 0 Å². The van der Waals surface area contributed by atoms with Gasteiger partial charge in [0, 0.05) is 12.8 Å². The molecule has 220 valence electrons. The number of carbonyl (C=O) groups is 2. The van der Waals surface area contributed by atoms with Gasteiger partial charge >= 0.3 is 0 Å². The second-order valence-corrected chi connectivity index (χ2v) is 12.0. The van der Waals surface area contributed by atoms with Gasteiger partial charge in [0.1, 0.15) is 0 Å². The molecule has 0 saturated carbocycles. The average Bonchev–Trinajstić information content (AvgIpc) is 2.88. The van der Waals surface area contributed by atoms with Crippen molar-refractivity contribution in [3.8, 4) is 0 Å². The summed E-state index contributed by atoms with van der Waals surface area (Å²) in [5.41, 5.74) is 0. The fourth-order valence-electron chi connectivity index (χ4n) is 5.29. The quantitative estimate of drug-likeness (QED) is 0.0995. The number of amides is 1. The van der Waals surface area contributed by atoms with Gasteiger partial charge in [0.2, 0.25) is 5.91 Å². The minimum absolute atomic E-state index is 0.0583. The molecule has 3 heteroatoms. The van der Waals surface area contributed by atoms with E-state index in [2.05, 4.69) is 19.2 Å². The maximum Gasteiger partial charge on any atom is 0.220 e. The van der Waals surface area contributed by atoms with Crippen LogP contribution in [0.25, 0.3) is 0 Å². The topological polar surface area (TPSA) is 46.2 Å². The highest BCUT2D eigenvalue weighted by Gasteiger charge is 2.23. The highest BCUT2D eigenvalue weighted by atomic mass is 16.2. The predicted molar refractivity (Wildman–Crippen MR) is 163 cm³/mol. The summed E-state index contributed by atoms with van der Waals surface area (Å²) in [4.78, 5) is 25.1. The molecule has 0 aliphatic carbocycles. The van der Waals surface area contributed by atoms with Gasteiger partial charge in [0.05, 0.1) is 6.04 Å². The lowest BCUT2D eigenvalue weighted by molar-refractivity contribution is -0.129. The van der Waals surface area contributed by atoms with Crippen LogP contribution >= 0.6 is 0 Å². The molecule has 0 aliphatic heterocycles. The van der Waals surface area contributed by atoms with Crippen molar-refractivity contribution in [2.75, 3.05) is 0 Å². The molecule has 0 aromatic carbocycles. The van der Waals surface area contributed by atoms with E-state index in [1.807, 2.05) is 13.8 Å². The number of carbonyl (C=O) groups excluding carboxylic acids is 2. The maximum absolute atomic E-state index is 12.7. The first-order valence-electron chi connectivity index (χ1n) is 16.8. The Morgan fingerprint density at radius 2 is 0.757 bits per heavy atom. The van der Waals surface area contributed by atoms with E-state index in [1.165, 1.54) is 128 Å². The summed E-state index contributed by atoms with van der Waals surface area (Å²) in [6.45, 7) is 8.61. The summed E-state index contributed by atoms with van der Waals surface area (Å²) in [5, 5.41) is 3.05. The Labute approximate surface area is 233 Å². The van der Waals surface area contributed by atoms with Gasteiger partial charge in [-0.05, 0) is 18.8 Å². The minimum atomic E-state index is -0.307. The van der Waals surface area contributed by atoms with E-state index >= 15 is 0 Å². The number of hydrogen-bond donors (Lipinski definition) is 1. The lowest BCUT2D eigenvalue weighted by atomic mass is 9.95. The molecule has 1 N–H and O–H groups in total. The normalized spacial score (nSPS) is 12.2. The number of ketones is 1. The van der Waals surface area contributed by atoms with Crippen LogP contribution in [0, 0.1) is 5.92 Å². The molecule has 37 heavy (non-hydrogen) atoms. The third-order valence-electron chi connectivity index (χ3n) is 7.86. The van der Waals surface area contributed by atoms with Crippen LogP contribution in [0.4, 0.5) is 0 Å². The summed E-state index contributed by atoms with van der Waals surface area (Å²) in [7, 11) is 0. The molecule has 0 aliphatic rings. The predicted octanol–water partition coefficient (Wildman–Crippen LogP) is 10.9. The van der Waals surface area contributed by atoms with Crippen molar-refractivity contribution in [1.82, 2.24) is 5.32 Å². The van der Waals surface area contributed by atoms with Gasteiger partial charge in [-0.25, -0.2) is 0 Å². The van der Waals surface area contributed by atoms with E-state index in [0.29, 0.717) is 12.8 Å². The van der Waals surface area contributed by atoms with Crippen LogP contribution in [-0.4, -0.2) is 17.7 Å². The molecule has 0 bridgehead atoms. The summed E-state index contributed by atoms with van der Waals surface area (Å²) >= 11 is 0. The Morgan fingerprint density at radius 3 is 1.08 bits per heavy atom. The molecule has 0 saturated heterocycles. The molecule has 1 amide bonds. The fraction of sp³-hybridized carbons (Fsp3) is 0.941. The van der Waals surface area contributed by atoms with Crippen molar-refractivity contribution in [2.45, 2.75) is 201 Å². The van der Waals surface area contributed by atoms with Gasteiger partial charge in [-0.2, -0.15) is 0 Å². The molecule has 0 heterocycles. The Kier molecular flexibility index (Phi) is 27.5. The smallest absolute Gasteiger partial charge is 0.220 e. The molecule has 0 aromatic heterocycles. The summed E-state index contributed by atoms with van der Waals surface area (Å²) < 4.78 is 0. The van der Waals surface area contributed by atoms with Crippen molar-refractivity contribution < 1.29 is 9.59 Å². The Hall–Kier alpha value is -0.860. The van der Waals surface area contributed by atoms with E-state index in [1.54, 1.807) is 0 Å². The zero-order chi connectivity index (χ0) is 27.4. The molecule has 0 aromatic rings. The van der Waals surface area contributed by atoms with Crippen LogP contribution in [0.15, 0.2) is 0 Å². The van der Waals surface area contributed by atoms with E-state index < -0.39 is 0 Å². The van der Waals surface area contributed by atoms with Gasteiger partial charge in [-0.3, -0.25) is 9.59 Å². The van der Waals surface area contributed by atoms with Crippen molar-refractivity contribution in [3.05, 3.63) is 0 Å². The van der Waals surface area contributed by atoms with Gasteiger partial charge in [0.25, 0.3) is 0 Å². The number of rotatable bonds is 29.